The van der Waals surface area contributed by atoms with E-state index >= 15 is 0 Å². The summed E-state index contributed by atoms with van der Waals surface area (Å²) in [4.78, 5) is 30.7. The number of amides is 2. The van der Waals surface area contributed by atoms with Crippen LogP contribution in [0.5, 0.6) is 0 Å². The Morgan fingerprint density at radius 1 is 0.750 bits per heavy atom. The van der Waals surface area contributed by atoms with E-state index < -0.39 is 11.2 Å². The van der Waals surface area contributed by atoms with E-state index in [4.69, 9.17) is 9.47 Å². The first kappa shape index (κ1) is 26.7. The zero-order valence-electron chi connectivity index (χ0n) is 21.8. The number of nitrogens with zero attached hydrogens (tertiary/aromatic N) is 3. The molecule has 0 atom stereocenters. The number of hydrogen-bond donors (Lipinski definition) is 0. The van der Waals surface area contributed by atoms with Gasteiger partial charge in [0, 0.05) is 32.2 Å². The predicted octanol–water partition coefficient (Wildman–Crippen LogP) is 4.99. The van der Waals surface area contributed by atoms with Gasteiger partial charge in [-0.1, -0.05) is 0 Å². The second-order valence-corrected chi connectivity index (χ2v) is 11.9. The van der Waals surface area contributed by atoms with Crippen molar-refractivity contribution in [2.45, 2.75) is 97.3 Å². The Kier molecular flexibility index (Phi) is 9.26. The van der Waals surface area contributed by atoms with Crippen molar-refractivity contribution in [1.29, 1.82) is 0 Å². The smallest absolute Gasteiger partial charge is 0.410 e. The molecule has 0 radical (unpaired) electrons. The molecule has 0 aromatic heterocycles. The Labute approximate surface area is 195 Å². The molecule has 0 aliphatic carbocycles. The third kappa shape index (κ3) is 9.16. The second kappa shape index (κ2) is 11.1. The summed E-state index contributed by atoms with van der Waals surface area (Å²) in [7, 11) is 4.35. The predicted molar refractivity (Wildman–Crippen MR) is 128 cm³/mol. The SMILES string of the molecule is CN(C)C(CC1CCN(C(=O)OC(C)(C)C)CC1)CC1CCN(C(=O)OC(C)(C)C)CC1. The first-order chi connectivity index (χ1) is 14.7. The summed E-state index contributed by atoms with van der Waals surface area (Å²) in [6, 6.07) is 0.533. The monoisotopic (exact) mass is 453 g/mol. The molecular weight excluding hydrogens is 406 g/mol. The van der Waals surface area contributed by atoms with Gasteiger partial charge in [-0.15, -0.1) is 0 Å². The molecule has 2 amide bonds. The summed E-state index contributed by atoms with van der Waals surface area (Å²) in [6.07, 6.45) is 6.14. The van der Waals surface area contributed by atoms with Gasteiger partial charge in [0.1, 0.15) is 11.2 Å². The van der Waals surface area contributed by atoms with Crippen LogP contribution in [-0.4, -0.2) is 84.4 Å². The zero-order chi connectivity index (χ0) is 24.1. The largest absolute Gasteiger partial charge is 0.444 e. The molecule has 0 aromatic carbocycles. The van der Waals surface area contributed by atoms with E-state index in [0.717, 1.165) is 51.9 Å². The van der Waals surface area contributed by atoms with Crippen molar-refractivity contribution in [3.05, 3.63) is 0 Å². The second-order valence-electron chi connectivity index (χ2n) is 11.9. The topological polar surface area (TPSA) is 62.3 Å². The lowest BCUT2D eigenvalue weighted by atomic mass is 9.83. The normalized spacial score (nSPS) is 19.6. The van der Waals surface area contributed by atoms with Crippen molar-refractivity contribution in [3.63, 3.8) is 0 Å². The van der Waals surface area contributed by atoms with Crippen LogP contribution in [0.3, 0.4) is 0 Å². The van der Waals surface area contributed by atoms with Crippen LogP contribution in [0.15, 0.2) is 0 Å². The molecule has 2 saturated heterocycles. The molecule has 2 fully saturated rings. The van der Waals surface area contributed by atoms with Crippen LogP contribution in [0.2, 0.25) is 0 Å². The first-order valence-electron chi connectivity index (χ1n) is 12.4. The highest BCUT2D eigenvalue weighted by Gasteiger charge is 2.31. The highest BCUT2D eigenvalue weighted by molar-refractivity contribution is 5.68. The minimum absolute atomic E-state index is 0.183. The van der Waals surface area contributed by atoms with E-state index in [2.05, 4.69) is 19.0 Å². The number of ether oxygens (including phenoxy) is 2. The Morgan fingerprint density at radius 2 is 1.06 bits per heavy atom. The Balaban J connectivity index is 1.77. The standard InChI is InChI=1S/C25H47N3O4/c1-24(2,3)31-22(29)27-13-9-19(10-14-27)17-21(26(7)8)18-20-11-15-28(16-12-20)23(30)32-25(4,5)6/h19-21H,9-18H2,1-8H3. The third-order valence-corrected chi connectivity index (χ3v) is 6.47. The lowest BCUT2D eigenvalue weighted by Gasteiger charge is -2.38. The molecule has 2 heterocycles. The number of likely N-dealkylation sites (tertiary alicyclic amines) is 2. The average molecular weight is 454 g/mol. The molecule has 2 rings (SSSR count). The van der Waals surface area contributed by atoms with Crippen molar-refractivity contribution in [2.24, 2.45) is 11.8 Å². The van der Waals surface area contributed by atoms with Crippen molar-refractivity contribution in [1.82, 2.24) is 14.7 Å². The molecule has 7 heteroatoms. The fourth-order valence-electron chi connectivity index (χ4n) is 4.64. The number of carbonyl (C=O) groups excluding carboxylic acids is 2. The van der Waals surface area contributed by atoms with E-state index in [-0.39, 0.29) is 12.2 Å². The van der Waals surface area contributed by atoms with Gasteiger partial charge in [-0.3, -0.25) is 0 Å². The molecular formula is C25H47N3O4. The lowest BCUT2D eigenvalue weighted by Crippen LogP contribution is -2.44. The summed E-state index contributed by atoms with van der Waals surface area (Å²) in [5, 5.41) is 0. The van der Waals surface area contributed by atoms with Crippen LogP contribution in [0.4, 0.5) is 9.59 Å². The minimum Gasteiger partial charge on any atom is -0.444 e. The van der Waals surface area contributed by atoms with E-state index in [0.29, 0.717) is 17.9 Å². The van der Waals surface area contributed by atoms with Gasteiger partial charge in [0.15, 0.2) is 0 Å². The van der Waals surface area contributed by atoms with Gasteiger partial charge in [-0.25, -0.2) is 9.59 Å². The van der Waals surface area contributed by atoms with Crippen molar-refractivity contribution >= 4 is 12.2 Å². The molecule has 0 bridgehead atoms. The summed E-state index contributed by atoms with van der Waals surface area (Å²) in [6.45, 7) is 14.6. The van der Waals surface area contributed by atoms with Gasteiger partial charge in [-0.05, 0) is 106 Å². The van der Waals surface area contributed by atoms with Gasteiger partial charge in [0.25, 0.3) is 0 Å². The number of piperidine rings is 2. The van der Waals surface area contributed by atoms with E-state index in [1.807, 2.05) is 51.3 Å². The maximum atomic E-state index is 12.3. The molecule has 0 unspecified atom stereocenters. The molecule has 32 heavy (non-hydrogen) atoms. The van der Waals surface area contributed by atoms with Gasteiger partial charge in [-0.2, -0.15) is 0 Å². The molecule has 2 aliphatic heterocycles. The van der Waals surface area contributed by atoms with Gasteiger partial charge in [0.05, 0.1) is 0 Å². The van der Waals surface area contributed by atoms with Crippen LogP contribution in [0.1, 0.15) is 80.1 Å². The van der Waals surface area contributed by atoms with Crippen molar-refractivity contribution in [2.75, 3.05) is 40.3 Å². The van der Waals surface area contributed by atoms with Crippen LogP contribution < -0.4 is 0 Å². The van der Waals surface area contributed by atoms with E-state index in [9.17, 15) is 9.59 Å². The maximum absolute atomic E-state index is 12.3. The van der Waals surface area contributed by atoms with Gasteiger partial charge >= 0.3 is 12.2 Å². The number of hydrogen-bond acceptors (Lipinski definition) is 5. The Hall–Kier alpha value is -1.50. The molecule has 0 saturated carbocycles. The molecule has 7 nitrogen and oxygen atoms in total. The lowest BCUT2D eigenvalue weighted by molar-refractivity contribution is 0.0161. The van der Waals surface area contributed by atoms with Gasteiger partial charge in [0.2, 0.25) is 0 Å². The molecule has 0 N–H and O–H groups in total. The van der Waals surface area contributed by atoms with Gasteiger partial charge < -0.3 is 24.2 Å². The van der Waals surface area contributed by atoms with Crippen LogP contribution in [-0.2, 0) is 9.47 Å². The minimum atomic E-state index is -0.441. The summed E-state index contributed by atoms with van der Waals surface area (Å²) in [5.41, 5.74) is -0.883. The van der Waals surface area contributed by atoms with E-state index in [1.54, 1.807) is 0 Å². The van der Waals surface area contributed by atoms with Crippen LogP contribution >= 0.6 is 0 Å². The highest BCUT2D eigenvalue weighted by atomic mass is 16.6. The fourth-order valence-corrected chi connectivity index (χ4v) is 4.64. The van der Waals surface area contributed by atoms with Crippen molar-refractivity contribution in [3.8, 4) is 0 Å². The molecule has 0 aromatic rings. The van der Waals surface area contributed by atoms with Crippen molar-refractivity contribution < 1.29 is 19.1 Å². The Bertz CT molecular complexity index is 558. The van der Waals surface area contributed by atoms with Crippen LogP contribution in [0.25, 0.3) is 0 Å². The summed E-state index contributed by atoms with van der Waals surface area (Å²) in [5.74, 6) is 1.28. The summed E-state index contributed by atoms with van der Waals surface area (Å²) < 4.78 is 11.1. The zero-order valence-corrected chi connectivity index (χ0v) is 21.8. The third-order valence-electron chi connectivity index (χ3n) is 6.47. The fraction of sp³-hybridized carbons (Fsp3) is 0.920. The van der Waals surface area contributed by atoms with E-state index in [1.165, 1.54) is 12.8 Å². The molecule has 2 aliphatic rings. The quantitative estimate of drug-likeness (QED) is 0.587. The Morgan fingerprint density at radius 3 is 1.31 bits per heavy atom. The maximum Gasteiger partial charge on any atom is 0.410 e. The molecule has 186 valence electrons. The first-order valence-corrected chi connectivity index (χ1v) is 12.4. The number of carbonyl (C=O) groups is 2. The number of rotatable bonds is 5. The molecule has 0 spiro atoms. The van der Waals surface area contributed by atoms with Crippen LogP contribution in [0, 0.1) is 11.8 Å². The highest BCUT2D eigenvalue weighted by Crippen LogP contribution is 2.30. The summed E-state index contributed by atoms with van der Waals surface area (Å²) >= 11 is 0. The average Bonchev–Trinajstić information content (AvgIpc) is 2.65.